The molecule has 0 saturated carbocycles. The van der Waals surface area contributed by atoms with Crippen LogP contribution in [0.25, 0.3) is 0 Å². The van der Waals surface area contributed by atoms with Gasteiger partial charge in [0.15, 0.2) is 11.6 Å². The van der Waals surface area contributed by atoms with E-state index in [4.69, 9.17) is 0 Å². The fraction of sp³-hybridized carbons (Fsp3) is 0.400. The van der Waals surface area contributed by atoms with E-state index in [2.05, 4.69) is 4.98 Å². The SMILES string of the molecule is CN(CCCn1ccnc1)CC(O)c1ccc(F)c(F)c1. The average Bonchev–Trinajstić information content (AvgIpc) is 2.95. The zero-order valence-electron chi connectivity index (χ0n) is 11.9. The second-order valence-electron chi connectivity index (χ2n) is 5.11. The number of halogens is 2. The predicted octanol–water partition coefficient (Wildman–Crippen LogP) is 2.22. The first-order chi connectivity index (χ1) is 10.1. The molecule has 2 aromatic rings. The number of aryl methyl sites for hydroxylation is 1. The highest BCUT2D eigenvalue weighted by atomic mass is 19.2. The molecule has 0 radical (unpaired) electrons. The lowest BCUT2D eigenvalue weighted by Gasteiger charge is -2.21. The summed E-state index contributed by atoms with van der Waals surface area (Å²) in [6.45, 7) is 2.01. The number of aliphatic hydroxyl groups excluding tert-OH is 1. The molecule has 1 N–H and O–H groups in total. The molecular weight excluding hydrogens is 276 g/mol. The van der Waals surface area contributed by atoms with Crippen LogP contribution in [0.3, 0.4) is 0 Å². The van der Waals surface area contributed by atoms with E-state index in [0.717, 1.165) is 31.6 Å². The summed E-state index contributed by atoms with van der Waals surface area (Å²) in [7, 11) is 1.89. The Labute approximate surface area is 122 Å². The van der Waals surface area contributed by atoms with Gasteiger partial charge in [0.1, 0.15) is 0 Å². The van der Waals surface area contributed by atoms with Crippen molar-refractivity contribution in [3.8, 4) is 0 Å². The lowest BCUT2D eigenvalue weighted by molar-refractivity contribution is 0.125. The molecule has 0 aliphatic rings. The minimum Gasteiger partial charge on any atom is -0.387 e. The van der Waals surface area contributed by atoms with Gasteiger partial charge in [-0.2, -0.15) is 0 Å². The Kier molecular flexibility index (Phi) is 5.41. The van der Waals surface area contributed by atoms with Gasteiger partial charge in [-0.3, -0.25) is 0 Å². The standard InChI is InChI=1S/C15H19F2N3O/c1-19(6-2-7-20-8-5-18-11-20)10-15(21)12-3-4-13(16)14(17)9-12/h3-5,8-9,11,15,21H,2,6-7,10H2,1H3. The highest BCUT2D eigenvalue weighted by molar-refractivity contribution is 5.20. The summed E-state index contributed by atoms with van der Waals surface area (Å²) in [5, 5.41) is 10.0. The summed E-state index contributed by atoms with van der Waals surface area (Å²) in [6.07, 6.45) is 5.47. The summed E-state index contributed by atoms with van der Waals surface area (Å²) in [4.78, 5) is 5.93. The van der Waals surface area contributed by atoms with E-state index in [1.54, 1.807) is 12.5 Å². The van der Waals surface area contributed by atoms with Crippen LogP contribution < -0.4 is 0 Å². The molecule has 0 fully saturated rings. The molecule has 0 amide bonds. The molecule has 1 atom stereocenters. The molecule has 0 spiro atoms. The number of benzene rings is 1. The minimum atomic E-state index is -0.936. The molecule has 0 saturated heterocycles. The van der Waals surface area contributed by atoms with Gasteiger partial charge in [0.2, 0.25) is 0 Å². The smallest absolute Gasteiger partial charge is 0.159 e. The molecule has 1 aromatic heterocycles. The van der Waals surface area contributed by atoms with Crippen molar-refractivity contribution in [2.75, 3.05) is 20.1 Å². The van der Waals surface area contributed by atoms with Gasteiger partial charge in [0.25, 0.3) is 0 Å². The molecule has 0 aliphatic heterocycles. The minimum absolute atomic E-state index is 0.370. The Hall–Kier alpha value is -1.79. The van der Waals surface area contributed by atoms with E-state index in [0.29, 0.717) is 12.1 Å². The van der Waals surface area contributed by atoms with Crippen molar-refractivity contribution in [1.29, 1.82) is 0 Å². The van der Waals surface area contributed by atoms with Gasteiger partial charge in [-0.25, -0.2) is 13.8 Å². The van der Waals surface area contributed by atoms with E-state index in [1.165, 1.54) is 6.07 Å². The first-order valence-corrected chi connectivity index (χ1v) is 6.83. The van der Waals surface area contributed by atoms with Crippen LogP contribution in [-0.2, 0) is 6.54 Å². The van der Waals surface area contributed by atoms with Crippen molar-refractivity contribution < 1.29 is 13.9 Å². The molecule has 0 aliphatic carbocycles. The molecule has 6 heteroatoms. The molecule has 0 bridgehead atoms. The van der Waals surface area contributed by atoms with E-state index >= 15 is 0 Å². The quantitative estimate of drug-likeness (QED) is 0.851. The van der Waals surface area contributed by atoms with E-state index in [-0.39, 0.29) is 0 Å². The predicted molar refractivity (Wildman–Crippen MR) is 75.7 cm³/mol. The summed E-state index contributed by atoms with van der Waals surface area (Å²) in [6, 6.07) is 3.48. The summed E-state index contributed by atoms with van der Waals surface area (Å²) < 4.78 is 28.0. The first-order valence-electron chi connectivity index (χ1n) is 6.83. The van der Waals surface area contributed by atoms with Gasteiger partial charge in [-0.05, 0) is 37.7 Å². The first kappa shape index (κ1) is 15.6. The Balaban J connectivity index is 1.78. The Morgan fingerprint density at radius 2 is 2.14 bits per heavy atom. The van der Waals surface area contributed by atoms with Crippen LogP contribution in [0.15, 0.2) is 36.9 Å². The summed E-state index contributed by atoms with van der Waals surface area (Å²) in [5.41, 5.74) is 0.385. The number of aliphatic hydroxyl groups is 1. The second-order valence-corrected chi connectivity index (χ2v) is 5.11. The van der Waals surface area contributed by atoms with Gasteiger partial charge in [-0.1, -0.05) is 6.07 Å². The van der Waals surface area contributed by atoms with Crippen LogP contribution in [0.4, 0.5) is 8.78 Å². The topological polar surface area (TPSA) is 41.3 Å². The second kappa shape index (κ2) is 7.28. The maximum atomic E-state index is 13.1. The molecule has 2 rings (SSSR count). The van der Waals surface area contributed by atoms with Crippen LogP contribution in [0, 0.1) is 11.6 Å². The van der Waals surface area contributed by atoms with Gasteiger partial charge in [0.05, 0.1) is 12.4 Å². The Morgan fingerprint density at radius 1 is 1.33 bits per heavy atom. The third kappa shape index (κ3) is 4.61. The molecule has 1 aromatic carbocycles. The van der Waals surface area contributed by atoms with Crippen LogP contribution >= 0.6 is 0 Å². The van der Waals surface area contributed by atoms with Crippen LogP contribution in [0.2, 0.25) is 0 Å². The number of likely N-dealkylation sites (N-methyl/N-ethyl adjacent to an activating group) is 1. The number of imidazole rings is 1. The van der Waals surface area contributed by atoms with Gasteiger partial charge >= 0.3 is 0 Å². The monoisotopic (exact) mass is 295 g/mol. The molecular formula is C15H19F2N3O. The maximum absolute atomic E-state index is 13.1. The van der Waals surface area contributed by atoms with Crippen molar-refractivity contribution in [1.82, 2.24) is 14.5 Å². The van der Waals surface area contributed by atoms with Crippen molar-refractivity contribution in [3.05, 3.63) is 54.1 Å². The summed E-state index contributed by atoms with van der Waals surface area (Å²) >= 11 is 0. The van der Waals surface area contributed by atoms with Crippen LogP contribution in [0.1, 0.15) is 18.1 Å². The average molecular weight is 295 g/mol. The molecule has 4 nitrogen and oxygen atoms in total. The van der Waals surface area contributed by atoms with Gasteiger partial charge in [0, 0.05) is 25.5 Å². The zero-order chi connectivity index (χ0) is 15.2. The van der Waals surface area contributed by atoms with Gasteiger partial charge < -0.3 is 14.6 Å². The molecule has 114 valence electrons. The molecule has 1 unspecified atom stereocenters. The fourth-order valence-electron chi connectivity index (χ4n) is 2.15. The number of hydrogen-bond acceptors (Lipinski definition) is 3. The van der Waals surface area contributed by atoms with E-state index in [1.807, 2.05) is 22.7 Å². The van der Waals surface area contributed by atoms with E-state index < -0.39 is 17.7 Å². The number of hydrogen-bond donors (Lipinski definition) is 1. The number of rotatable bonds is 7. The number of aromatic nitrogens is 2. The van der Waals surface area contributed by atoms with Crippen molar-refractivity contribution in [3.63, 3.8) is 0 Å². The van der Waals surface area contributed by atoms with Crippen molar-refractivity contribution in [2.45, 2.75) is 19.1 Å². The highest BCUT2D eigenvalue weighted by Crippen LogP contribution is 2.17. The number of nitrogens with zero attached hydrogens (tertiary/aromatic N) is 3. The third-order valence-electron chi connectivity index (χ3n) is 3.33. The fourth-order valence-corrected chi connectivity index (χ4v) is 2.15. The maximum Gasteiger partial charge on any atom is 0.159 e. The van der Waals surface area contributed by atoms with Crippen LogP contribution in [-0.4, -0.2) is 39.7 Å². The highest BCUT2D eigenvalue weighted by Gasteiger charge is 2.13. The summed E-state index contributed by atoms with van der Waals surface area (Å²) in [5.74, 6) is -1.84. The molecule has 21 heavy (non-hydrogen) atoms. The van der Waals surface area contributed by atoms with Crippen molar-refractivity contribution in [2.24, 2.45) is 0 Å². The zero-order valence-corrected chi connectivity index (χ0v) is 11.9. The van der Waals surface area contributed by atoms with Crippen molar-refractivity contribution >= 4 is 0 Å². The Bertz CT molecular complexity index is 560. The lowest BCUT2D eigenvalue weighted by atomic mass is 10.1. The largest absolute Gasteiger partial charge is 0.387 e. The lowest BCUT2D eigenvalue weighted by Crippen LogP contribution is -2.26. The third-order valence-corrected chi connectivity index (χ3v) is 3.33. The van der Waals surface area contributed by atoms with E-state index in [9.17, 15) is 13.9 Å². The Morgan fingerprint density at radius 3 is 2.81 bits per heavy atom. The van der Waals surface area contributed by atoms with Gasteiger partial charge in [-0.15, -0.1) is 0 Å². The molecule has 1 heterocycles. The van der Waals surface area contributed by atoms with Crippen LogP contribution in [0.5, 0.6) is 0 Å². The normalized spacial score (nSPS) is 12.8.